The van der Waals surface area contributed by atoms with Gasteiger partial charge in [-0.05, 0) is 36.6 Å². The minimum Gasteiger partial charge on any atom is -0.545 e. The number of guanidine groups is 1. The Morgan fingerprint density at radius 3 is 2.22 bits per heavy atom. The van der Waals surface area contributed by atoms with E-state index in [1.807, 2.05) is 0 Å². The van der Waals surface area contributed by atoms with Crippen LogP contribution in [-0.4, -0.2) is 40.7 Å². The van der Waals surface area contributed by atoms with Crippen molar-refractivity contribution in [1.29, 1.82) is 0 Å². The molecule has 0 aliphatic rings. The number of aromatic nitrogens is 1. The van der Waals surface area contributed by atoms with E-state index in [9.17, 15) is 14.7 Å². The zero-order chi connectivity index (χ0) is 26.3. The molecule has 0 fully saturated rings. The van der Waals surface area contributed by atoms with Crippen LogP contribution in [0.5, 0.6) is 0 Å². The molecule has 1 atom stereocenters. The SMILES string of the molecule is CCCCCCCCCCCCSc1c2ccc(C(=O)[O-])cc2cn1C(=O)[C@@H](N)CCCN=C(N)N.[Na+]. The second-order valence-corrected chi connectivity index (χ2v) is 10.4. The van der Waals surface area contributed by atoms with E-state index in [1.54, 1.807) is 34.7 Å². The number of hydrogen-bond donors (Lipinski definition) is 3. The minimum absolute atomic E-state index is 0. The van der Waals surface area contributed by atoms with E-state index in [-0.39, 0.29) is 47.0 Å². The molecule has 0 aliphatic heterocycles. The van der Waals surface area contributed by atoms with Gasteiger partial charge in [0.1, 0.15) is 0 Å². The molecule has 10 heteroatoms. The van der Waals surface area contributed by atoms with Crippen molar-refractivity contribution >= 4 is 40.4 Å². The fourth-order valence-corrected chi connectivity index (χ4v) is 5.37. The predicted octanol–water partition coefficient (Wildman–Crippen LogP) is 1.04. The molecule has 0 aliphatic carbocycles. The van der Waals surface area contributed by atoms with Crippen molar-refractivity contribution in [2.45, 2.75) is 95.0 Å². The number of nitrogens with zero attached hydrogens (tertiary/aromatic N) is 2. The summed E-state index contributed by atoms with van der Waals surface area (Å²) in [5.74, 6) is -0.574. The molecule has 0 bridgehead atoms. The van der Waals surface area contributed by atoms with Gasteiger partial charge in [0.25, 0.3) is 0 Å². The van der Waals surface area contributed by atoms with E-state index < -0.39 is 12.0 Å². The van der Waals surface area contributed by atoms with E-state index >= 15 is 0 Å². The molecular formula is C27H42N5NaO3S. The average molecular weight is 540 g/mol. The number of aliphatic imine (C=N–C) groups is 1. The molecule has 1 heterocycles. The van der Waals surface area contributed by atoms with Crippen LogP contribution in [0.25, 0.3) is 10.8 Å². The average Bonchev–Trinajstić information content (AvgIpc) is 3.22. The molecule has 0 unspecified atom stereocenters. The number of aromatic carboxylic acids is 1. The molecule has 0 amide bonds. The fourth-order valence-electron chi connectivity index (χ4n) is 4.21. The first-order chi connectivity index (χ1) is 17.3. The van der Waals surface area contributed by atoms with Crippen LogP contribution in [0, 0.1) is 0 Å². The van der Waals surface area contributed by atoms with Gasteiger partial charge in [-0.3, -0.25) is 14.4 Å². The van der Waals surface area contributed by atoms with Gasteiger partial charge in [0.2, 0.25) is 5.91 Å². The Bertz CT molecular complexity index is 1010. The molecule has 6 N–H and O–H groups in total. The number of benzene rings is 1. The Morgan fingerprint density at radius 2 is 1.62 bits per heavy atom. The molecule has 8 nitrogen and oxygen atoms in total. The Hall–Kier alpha value is -1.52. The summed E-state index contributed by atoms with van der Waals surface area (Å²) in [5, 5.41) is 13.6. The summed E-state index contributed by atoms with van der Waals surface area (Å²) in [6, 6.07) is 4.10. The summed E-state index contributed by atoms with van der Waals surface area (Å²) in [4.78, 5) is 28.4. The molecule has 2 rings (SSSR count). The first kappa shape index (κ1) is 33.5. The number of fused-ring (bicyclic) bond motifs is 1. The van der Waals surface area contributed by atoms with Crippen LogP contribution in [0.3, 0.4) is 0 Å². The molecule has 0 saturated carbocycles. The minimum atomic E-state index is -1.24. The number of rotatable bonds is 18. The van der Waals surface area contributed by atoms with E-state index in [4.69, 9.17) is 17.2 Å². The van der Waals surface area contributed by atoms with Crippen LogP contribution < -0.4 is 51.9 Å². The molecule has 2 aromatic rings. The number of hydrogen-bond acceptors (Lipinski definition) is 6. The molecule has 1 aromatic carbocycles. The molecule has 0 spiro atoms. The monoisotopic (exact) mass is 539 g/mol. The predicted molar refractivity (Wildman–Crippen MR) is 147 cm³/mol. The van der Waals surface area contributed by atoms with Gasteiger partial charge in [-0.1, -0.05) is 76.8 Å². The smallest absolute Gasteiger partial charge is 0.545 e. The van der Waals surface area contributed by atoms with Gasteiger partial charge >= 0.3 is 29.6 Å². The second-order valence-electron chi connectivity index (χ2n) is 9.32. The first-order valence-corrected chi connectivity index (χ1v) is 14.2. The van der Waals surface area contributed by atoms with E-state index in [0.717, 1.165) is 29.0 Å². The summed E-state index contributed by atoms with van der Waals surface area (Å²) in [6.07, 6.45) is 15.4. The molecule has 1 aromatic heterocycles. The van der Waals surface area contributed by atoms with E-state index in [0.29, 0.717) is 24.8 Å². The summed E-state index contributed by atoms with van der Waals surface area (Å²) in [5.41, 5.74) is 17.0. The van der Waals surface area contributed by atoms with Crippen LogP contribution in [0.2, 0.25) is 0 Å². The normalized spacial score (nSPS) is 11.7. The third kappa shape index (κ3) is 11.8. The second kappa shape index (κ2) is 18.7. The van der Waals surface area contributed by atoms with Crippen LogP contribution in [0.1, 0.15) is 99.1 Å². The van der Waals surface area contributed by atoms with Crippen molar-refractivity contribution < 1.29 is 44.3 Å². The maximum Gasteiger partial charge on any atom is 1.00 e. The van der Waals surface area contributed by atoms with Crippen molar-refractivity contribution in [1.82, 2.24) is 4.57 Å². The Morgan fingerprint density at radius 1 is 1.00 bits per heavy atom. The number of thioether (sulfide) groups is 1. The van der Waals surface area contributed by atoms with E-state index in [1.165, 1.54) is 57.4 Å². The summed E-state index contributed by atoms with van der Waals surface area (Å²) >= 11 is 1.62. The first-order valence-electron chi connectivity index (χ1n) is 13.2. The number of nitrogens with two attached hydrogens (primary N) is 3. The molecule has 200 valence electrons. The van der Waals surface area contributed by atoms with E-state index in [2.05, 4.69) is 11.9 Å². The maximum atomic E-state index is 13.2. The number of carboxylic acids is 1. The van der Waals surface area contributed by atoms with Gasteiger partial charge in [-0.25, -0.2) is 0 Å². The Kier molecular flexibility index (Phi) is 16.9. The number of carbonyl (C=O) groups excluding carboxylic acids is 2. The van der Waals surface area contributed by atoms with Gasteiger partial charge in [-0.15, -0.1) is 11.8 Å². The van der Waals surface area contributed by atoms with Gasteiger partial charge in [0, 0.05) is 23.5 Å². The van der Waals surface area contributed by atoms with Crippen LogP contribution in [0.4, 0.5) is 0 Å². The summed E-state index contributed by atoms with van der Waals surface area (Å²) < 4.78 is 1.58. The van der Waals surface area contributed by atoms with Crippen molar-refractivity contribution in [3.05, 3.63) is 30.0 Å². The van der Waals surface area contributed by atoms with Gasteiger partial charge in [0.05, 0.1) is 17.0 Å². The molecule has 0 radical (unpaired) electrons. The van der Waals surface area contributed by atoms with Gasteiger partial charge < -0.3 is 27.1 Å². The van der Waals surface area contributed by atoms with Crippen LogP contribution in [0.15, 0.2) is 34.4 Å². The van der Waals surface area contributed by atoms with Crippen LogP contribution >= 0.6 is 11.8 Å². The quantitative estimate of drug-likeness (QED) is 0.0841. The van der Waals surface area contributed by atoms with Gasteiger partial charge in [0.15, 0.2) is 5.96 Å². The third-order valence-corrected chi connectivity index (χ3v) is 7.45. The van der Waals surface area contributed by atoms with Crippen molar-refractivity contribution in [3.63, 3.8) is 0 Å². The van der Waals surface area contributed by atoms with Crippen molar-refractivity contribution in [2.24, 2.45) is 22.2 Å². The Balaban J connectivity index is 0.00000684. The van der Waals surface area contributed by atoms with Crippen molar-refractivity contribution in [3.8, 4) is 0 Å². The van der Waals surface area contributed by atoms with Gasteiger partial charge in [-0.2, -0.15) is 0 Å². The zero-order valence-electron chi connectivity index (χ0n) is 22.5. The largest absolute Gasteiger partial charge is 1.00 e. The molecular weight excluding hydrogens is 497 g/mol. The van der Waals surface area contributed by atoms with Crippen molar-refractivity contribution in [2.75, 3.05) is 12.3 Å². The number of carboxylic acid groups (broad SMARTS) is 1. The summed E-state index contributed by atoms with van der Waals surface area (Å²) in [6.45, 7) is 2.65. The molecule has 37 heavy (non-hydrogen) atoms. The number of unbranched alkanes of at least 4 members (excludes halogenated alkanes) is 9. The third-order valence-electron chi connectivity index (χ3n) is 6.26. The standard InChI is InChI=1S/C27H43N5O3S.Na/c1-2-3-4-5-6-7-8-9-10-11-17-36-25-22-15-14-20(26(34)35)18-21(22)19-32(25)24(33)23(28)13-12-16-31-27(29)30;/h14-15,18-19,23H,2-13,16-17,28H2,1H3,(H,34,35)(H4,29,30,31);/q;+1/p-1/t23-;/m0./s1. The maximum absolute atomic E-state index is 13.2. The number of carbonyl (C=O) groups is 2. The topological polar surface area (TPSA) is 153 Å². The van der Waals surface area contributed by atoms with Crippen LogP contribution in [-0.2, 0) is 0 Å². The zero-order valence-corrected chi connectivity index (χ0v) is 25.4. The fraction of sp³-hybridized carbons (Fsp3) is 0.593. The molecule has 0 saturated heterocycles. The summed E-state index contributed by atoms with van der Waals surface area (Å²) in [7, 11) is 0. The Labute approximate surface area is 247 Å².